The molecule has 296 valence electrons. The van der Waals surface area contributed by atoms with E-state index in [1.54, 1.807) is 58.3 Å². The molecule has 0 aliphatic carbocycles. The molecular formula is C46H50N4O7. The van der Waals surface area contributed by atoms with Gasteiger partial charge in [0.15, 0.2) is 0 Å². The lowest BCUT2D eigenvalue weighted by Crippen LogP contribution is -2.46. The van der Waals surface area contributed by atoms with Gasteiger partial charge in [0.1, 0.15) is 23.1 Å². The molecule has 4 N–H and O–H groups in total. The number of carbonyl (C=O) groups is 4. The van der Waals surface area contributed by atoms with E-state index in [1.807, 2.05) is 87.5 Å². The van der Waals surface area contributed by atoms with E-state index in [4.69, 9.17) is 15.2 Å². The number of pyridine rings is 1. The number of aromatic nitrogens is 1. The first-order chi connectivity index (χ1) is 26.9. The predicted molar refractivity (Wildman–Crippen MR) is 223 cm³/mol. The molecule has 1 heterocycles. The highest BCUT2D eigenvalue weighted by Gasteiger charge is 2.34. The number of nitrogens with one attached hydrogen (secondary N) is 2. The van der Waals surface area contributed by atoms with Gasteiger partial charge in [0.05, 0.1) is 25.5 Å². The van der Waals surface area contributed by atoms with Crippen LogP contribution >= 0.6 is 0 Å². The highest BCUT2D eigenvalue weighted by molar-refractivity contribution is 5.99. The van der Waals surface area contributed by atoms with Crippen LogP contribution in [0.5, 0.6) is 5.75 Å². The van der Waals surface area contributed by atoms with Gasteiger partial charge in [-0.25, -0.2) is 0 Å². The topological polar surface area (TPSA) is 159 Å². The maximum atomic E-state index is 14.3. The number of methoxy groups -OCH3 is 1. The van der Waals surface area contributed by atoms with Gasteiger partial charge in [-0.2, -0.15) is 0 Å². The van der Waals surface area contributed by atoms with Gasteiger partial charge in [0, 0.05) is 18.7 Å². The Bertz CT molecular complexity index is 2370. The Morgan fingerprint density at radius 1 is 0.842 bits per heavy atom. The normalized spacial score (nSPS) is 12.3. The van der Waals surface area contributed by atoms with Crippen molar-refractivity contribution in [2.24, 2.45) is 5.73 Å². The predicted octanol–water partition coefficient (Wildman–Crippen LogP) is 6.39. The summed E-state index contributed by atoms with van der Waals surface area (Å²) < 4.78 is 12.4. The zero-order chi connectivity index (χ0) is 41.5. The van der Waals surface area contributed by atoms with E-state index >= 15 is 0 Å². The number of primary amides is 1. The summed E-state index contributed by atoms with van der Waals surface area (Å²) in [4.78, 5) is 66.8. The molecule has 4 aromatic carbocycles. The highest BCUT2D eigenvalue weighted by Crippen LogP contribution is 2.28. The molecule has 11 nitrogen and oxygen atoms in total. The van der Waals surface area contributed by atoms with Crippen molar-refractivity contribution in [3.63, 3.8) is 0 Å². The van der Waals surface area contributed by atoms with Gasteiger partial charge in [-0.05, 0) is 104 Å². The summed E-state index contributed by atoms with van der Waals surface area (Å²) in [6.45, 7) is 10.8. The van der Waals surface area contributed by atoms with E-state index in [0.29, 0.717) is 22.4 Å². The minimum absolute atomic E-state index is 0.0108. The molecule has 5 rings (SSSR count). The second-order valence-electron chi connectivity index (χ2n) is 15.6. The zero-order valence-electron chi connectivity index (χ0n) is 33.5. The van der Waals surface area contributed by atoms with E-state index in [2.05, 4.69) is 10.6 Å². The molecule has 0 saturated carbocycles. The lowest BCUT2D eigenvalue weighted by atomic mass is 9.84. The van der Waals surface area contributed by atoms with E-state index in [9.17, 15) is 24.0 Å². The summed E-state index contributed by atoms with van der Waals surface area (Å²) >= 11 is 0. The summed E-state index contributed by atoms with van der Waals surface area (Å²) in [7, 11) is 1.56. The van der Waals surface area contributed by atoms with Crippen LogP contribution in [-0.4, -0.2) is 47.0 Å². The van der Waals surface area contributed by atoms with Crippen molar-refractivity contribution in [2.75, 3.05) is 12.4 Å². The first-order valence-corrected chi connectivity index (χ1v) is 18.7. The number of amides is 3. The maximum Gasteiger partial charge on any atom is 0.316 e. The fourth-order valence-corrected chi connectivity index (χ4v) is 6.32. The second kappa shape index (κ2) is 17.5. The molecule has 0 unspecified atom stereocenters. The average Bonchev–Trinajstić information content (AvgIpc) is 3.16. The smallest absolute Gasteiger partial charge is 0.316 e. The minimum Gasteiger partial charge on any atom is -0.497 e. The summed E-state index contributed by atoms with van der Waals surface area (Å²) in [6.07, 6.45) is 4.35. The van der Waals surface area contributed by atoms with Crippen LogP contribution in [0.25, 0.3) is 16.8 Å². The van der Waals surface area contributed by atoms with Crippen molar-refractivity contribution >= 4 is 46.2 Å². The van der Waals surface area contributed by atoms with Crippen LogP contribution in [0.4, 0.5) is 5.69 Å². The number of hydrogen-bond acceptors (Lipinski definition) is 7. The summed E-state index contributed by atoms with van der Waals surface area (Å²) in [5, 5.41) is 7.75. The van der Waals surface area contributed by atoms with Gasteiger partial charge >= 0.3 is 5.97 Å². The number of rotatable bonds is 14. The Kier molecular flexibility index (Phi) is 12.8. The van der Waals surface area contributed by atoms with Gasteiger partial charge in [0.2, 0.25) is 17.7 Å². The van der Waals surface area contributed by atoms with Crippen LogP contribution in [0, 0.1) is 6.92 Å². The third-order valence-corrected chi connectivity index (χ3v) is 9.62. The number of benzene rings is 4. The molecule has 0 spiro atoms. The first kappa shape index (κ1) is 41.7. The molecule has 1 aromatic heterocycles. The highest BCUT2D eigenvalue weighted by atomic mass is 16.6. The van der Waals surface area contributed by atoms with Crippen LogP contribution in [0.1, 0.15) is 68.0 Å². The van der Waals surface area contributed by atoms with Crippen molar-refractivity contribution in [2.45, 2.75) is 78.0 Å². The fraction of sp³-hybridized carbons (Fsp3) is 0.283. The number of ether oxygens (including phenoxy) is 2. The van der Waals surface area contributed by atoms with Gasteiger partial charge in [-0.15, -0.1) is 0 Å². The molecule has 5 aromatic rings. The molecule has 0 saturated heterocycles. The van der Waals surface area contributed by atoms with Crippen LogP contribution in [-0.2, 0) is 48.7 Å². The number of carbonyl (C=O) groups excluding carboxylic acids is 4. The van der Waals surface area contributed by atoms with Crippen molar-refractivity contribution in [3.05, 3.63) is 147 Å². The number of nitrogens with two attached hydrogens (primary N) is 1. The third-order valence-electron chi connectivity index (χ3n) is 9.62. The molecule has 1 atom stereocenters. The van der Waals surface area contributed by atoms with Gasteiger partial charge in [0.25, 0.3) is 5.56 Å². The molecule has 3 amide bonds. The fourth-order valence-electron chi connectivity index (χ4n) is 6.32. The summed E-state index contributed by atoms with van der Waals surface area (Å²) in [5.74, 6) is -1.40. The largest absolute Gasteiger partial charge is 0.497 e. The summed E-state index contributed by atoms with van der Waals surface area (Å²) in [6, 6.07) is 26.9. The maximum absolute atomic E-state index is 14.3. The monoisotopic (exact) mass is 770 g/mol. The van der Waals surface area contributed by atoms with E-state index in [-0.39, 0.29) is 37.0 Å². The average molecular weight is 771 g/mol. The number of esters is 1. The molecular weight excluding hydrogens is 721 g/mol. The molecule has 11 heteroatoms. The van der Waals surface area contributed by atoms with Gasteiger partial charge < -0.3 is 30.4 Å². The molecule has 0 bridgehead atoms. The first-order valence-electron chi connectivity index (χ1n) is 18.7. The number of nitrogens with zero attached hydrogens (tertiary/aromatic N) is 1. The van der Waals surface area contributed by atoms with Crippen LogP contribution in [0.2, 0.25) is 0 Å². The summed E-state index contributed by atoms with van der Waals surface area (Å²) in [5.41, 5.74) is 7.18. The van der Waals surface area contributed by atoms with Crippen LogP contribution in [0.3, 0.4) is 0 Å². The molecule has 0 aliphatic heterocycles. The SMILES string of the molecule is COc1ccc(Cn2cc(/C=C/C(N)=O)c(C)c(NC(=O)[C@@H](Cc3ccc(C(C)(C)C(=O)OC(C)(C)C)cc3)NC(=O)Cc3ccc4ccccc4c3)c2=O)cc1. The molecule has 57 heavy (non-hydrogen) atoms. The van der Waals surface area contributed by atoms with Crippen molar-refractivity contribution < 1.29 is 28.7 Å². The van der Waals surface area contributed by atoms with Gasteiger partial charge in [-0.3, -0.25) is 24.0 Å². The Hall–Kier alpha value is -6.49. The van der Waals surface area contributed by atoms with Crippen molar-refractivity contribution in [1.82, 2.24) is 9.88 Å². The van der Waals surface area contributed by atoms with E-state index < -0.39 is 34.4 Å². The molecule has 0 radical (unpaired) electrons. The Morgan fingerprint density at radius 2 is 1.47 bits per heavy atom. The molecule has 0 aliphatic rings. The standard InChI is InChI=1S/C46H50N4O7/c1-29-35(18-23-39(47)51)28-50(27-31-15-21-37(56-7)22-16-31)43(54)41(29)49-42(53)38(48-40(52)26-32-12-17-33-10-8-9-11-34(33)24-32)25-30-13-19-36(20-14-30)46(5,6)44(55)57-45(2,3)4/h8-24,28,38H,25-27H2,1-7H3,(H2,47,51)(H,48,52)(H,49,53)/b23-18+/t38-/m1/s1. The minimum atomic E-state index is -1.11. The quantitative estimate of drug-likeness (QED) is 0.0872. The van der Waals surface area contributed by atoms with Crippen molar-refractivity contribution in [3.8, 4) is 5.75 Å². The third kappa shape index (κ3) is 10.8. The number of hydrogen-bond donors (Lipinski definition) is 3. The Balaban J connectivity index is 1.47. The van der Waals surface area contributed by atoms with Gasteiger partial charge in [-0.1, -0.05) is 78.9 Å². The van der Waals surface area contributed by atoms with Crippen LogP contribution in [0.15, 0.2) is 108 Å². The van der Waals surface area contributed by atoms with E-state index in [0.717, 1.165) is 27.5 Å². The lowest BCUT2D eigenvalue weighted by molar-refractivity contribution is -0.160. The molecule has 0 fully saturated rings. The second-order valence-corrected chi connectivity index (χ2v) is 15.6. The lowest BCUT2D eigenvalue weighted by Gasteiger charge is -2.29. The van der Waals surface area contributed by atoms with E-state index in [1.165, 1.54) is 16.7 Å². The Labute approximate surface area is 332 Å². The van der Waals surface area contributed by atoms with Crippen molar-refractivity contribution in [1.29, 1.82) is 0 Å². The zero-order valence-corrected chi connectivity index (χ0v) is 33.5. The number of fused-ring (bicyclic) bond motifs is 1. The Morgan fingerprint density at radius 3 is 2.11 bits per heavy atom. The van der Waals surface area contributed by atoms with Crippen LogP contribution < -0.4 is 26.7 Å². The number of anilines is 1.